The van der Waals surface area contributed by atoms with Gasteiger partial charge in [-0.1, -0.05) is 24.3 Å². The van der Waals surface area contributed by atoms with E-state index < -0.39 is 23.3 Å². The van der Waals surface area contributed by atoms with Gasteiger partial charge in [-0.25, -0.2) is 4.68 Å². The van der Waals surface area contributed by atoms with Crippen molar-refractivity contribution >= 4 is 23.6 Å². The average Bonchev–Trinajstić information content (AvgIpc) is 3.34. The number of hydrogen-bond donors (Lipinski definition) is 1. The van der Waals surface area contributed by atoms with Gasteiger partial charge in [0.2, 0.25) is 5.91 Å². The van der Waals surface area contributed by atoms with E-state index in [4.69, 9.17) is 0 Å². The molecule has 11 heteroatoms. The number of hydrogen-bond acceptors (Lipinski definition) is 5. The van der Waals surface area contributed by atoms with Crippen LogP contribution in [0.5, 0.6) is 0 Å². The van der Waals surface area contributed by atoms with E-state index in [-0.39, 0.29) is 24.1 Å². The topological polar surface area (TPSA) is 80.1 Å². The number of carbonyl (C=O) groups is 2. The Morgan fingerprint density at radius 1 is 1.14 bits per heavy atom. The predicted octanol–water partition coefficient (Wildman–Crippen LogP) is 4.11. The van der Waals surface area contributed by atoms with Crippen LogP contribution in [0.1, 0.15) is 39.7 Å². The van der Waals surface area contributed by atoms with Crippen molar-refractivity contribution in [3.63, 3.8) is 0 Å². The molecule has 1 unspecified atom stereocenters. The number of thioether (sulfide) groups is 1. The third-order valence-electron chi connectivity index (χ3n) is 5.58. The van der Waals surface area contributed by atoms with Gasteiger partial charge in [0, 0.05) is 55.6 Å². The molecule has 0 spiro atoms. The zero-order chi connectivity index (χ0) is 24.8. The van der Waals surface area contributed by atoms with Crippen LogP contribution in [0.2, 0.25) is 0 Å². The van der Waals surface area contributed by atoms with Crippen LogP contribution in [0.25, 0.3) is 5.69 Å². The van der Waals surface area contributed by atoms with Crippen LogP contribution in [-0.4, -0.2) is 56.9 Å². The highest BCUT2D eigenvalue weighted by molar-refractivity contribution is 7.99. The summed E-state index contributed by atoms with van der Waals surface area (Å²) in [5.74, 6) is -0.104. The summed E-state index contributed by atoms with van der Waals surface area (Å²) in [5, 5.41) is 6.24. The number of halogens is 3. The lowest BCUT2D eigenvalue weighted by Crippen LogP contribution is -2.39. The molecule has 1 fully saturated rings. The molecule has 184 valence electrons. The SMILES string of the molecule is O=C(NCCCC(=O)N1CCSC(c2cccnc2)C1)c1cn(-c2ccccc2)nc1C(F)(F)F. The number of carbonyl (C=O) groups excluding carboxylic acids is 2. The second kappa shape index (κ2) is 10.9. The lowest BCUT2D eigenvalue weighted by atomic mass is 10.1. The van der Waals surface area contributed by atoms with Crippen molar-refractivity contribution in [3.8, 4) is 5.69 Å². The summed E-state index contributed by atoms with van der Waals surface area (Å²) in [4.78, 5) is 31.1. The first-order valence-electron chi connectivity index (χ1n) is 11.1. The van der Waals surface area contributed by atoms with Gasteiger partial charge < -0.3 is 10.2 Å². The van der Waals surface area contributed by atoms with Crippen LogP contribution in [0.3, 0.4) is 0 Å². The van der Waals surface area contributed by atoms with E-state index in [0.717, 1.165) is 22.2 Å². The van der Waals surface area contributed by atoms with E-state index in [0.29, 0.717) is 25.2 Å². The van der Waals surface area contributed by atoms with Gasteiger partial charge in [0.05, 0.1) is 11.3 Å². The third-order valence-corrected chi connectivity index (χ3v) is 6.82. The Kier molecular flexibility index (Phi) is 7.74. The molecule has 3 heterocycles. The number of alkyl halides is 3. The Bertz CT molecular complexity index is 1150. The Morgan fingerprint density at radius 2 is 1.94 bits per heavy atom. The number of amides is 2. The summed E-state index contributed by atoms with van der Waals surface area (Å²) in [6, 6.07) is 12.1. The fraction of sp³-hybridized carbons (Fsp3) is 0.333. The zero-order valence-electron chi connectivity index (χ0n) is 18.7. The monoisotopic (exact) mass is 503 g/mol. The first kappa shape index (κ1) is 24.8. The summed E-state index contributed by atoms with van der Waals surface area (Å²) in [5.41, 5.74) is -0.326. The van der Waals surface area contributed by atoms with Crippen molar-refractivity contribution in [2.24, 2.45) is 0 Å². The van der Waals surface area contributed by atoms with Crippen LogP contribution < -0.4 is 5.32 Å². The van der Waals surface area contributed by atoms with Crippen LogP contribution in [-0.2, 0) is 11.0 Å². The minimum absolute atomic E-state index is 0.0404. The molecule has 1 aliphatic rings. The van der Waals surface area contributed by atoms with Gasteiger partial charge in [0.1, 0.15) is 0 Å². The van der Waals surface area contributed by atoms with E-state index in [1.165, 1.54) is 0 Å². The normalized spacial score (nSPS) is 16.2. The molecule has 1 N–H and O–H groups in total. The quantitative estimate of drug-likeness (QED) is 0.491. The standard InChI is InChI=1S/C24H24F3N5O2S/c25-24(26,27)22-19(15-32(30-22)18-7-2-1-3-8-18)23(34)29-11-5-9-21(33)31-12-13-35-20(16-31)17-6-4-10-28-14-17/h1-4,6-8,10,14-15,20H,5,9,11-13,16H2,(H,29,34). The number of nitrogens with zero attached hydrogens (tertiary/aromatic N) is 4. The molecule has 0 aliphatic carbocycles. The number of benzene rings is 1. The molecule has 35 heavy (non-hydrogen) atoms. The number of para-hydroxylation sites is 1. The maximum atomic E-state index is 13.5. The molecule has 0 radical (unpaired) electrons. The molecule has 3 aromatic rings. The predicted molar refractivity (Wildman–Crippen MR) is 126 cm³/mol. The highest BCUT2D eigenvalue weighted by atomic mass is 32.2. The molecule has 1 atom stereocenters. The first-order chi connectivity index (χ1) is 16.8. The van der Waals surface area contributed by atoms with Gasteiger partial charge in [-0.15, -0.1) is 0 Å². The van der Waals surface area contributed by atoms with Gasteiger partial charge in [0.15, 0.2) is 5.69 Å². The molecule has 1 aliphatic heterocycles. The van der Waals surface area contributed by atoms with Crippen LogP contribution in [0, 0.1) is 0 Å². The summed E-state index contributed by atoms with van der Waals surface area (Å²) in [6.07, 6.45) is 0.317. The lowest BCUT2D eigenvalue weighted by Gasteiger charge is -2.32. The minimum atomic E-state index is -4.78. The summed E-state index contributed by atoms with van der Waals surface area (Å²) >= 11 is 1.78. The molecule has 4 rings (SSSR count). The molecule has 1 aromatic carbocycles. The Labute approximate surface area is 204 Å². The van der Waals surface area contributed by atoms with Crippen LogP contribution in [0.4, 0.5) is 13.2 Å². The molecule has 1 saturated heterocycles. The second-order valence-electron chi connectivity index (χ2n) is 8.01. The molecule has 2 amide bonds. The summed E-state index contributed by atoms with van der Waals surface area (Å²) in [6.45, 7) is 1.29. The fourth-order valence-corrected chi connectivity index (χ4v) is 5.03. The van der Waals surface area contributed by atoms with E-state index >= 15 is 0 Å². The maximum absolute atomic E-state index is 13.5. The minimum Gasteiger partial charge on any atom is -0.352 e. The van der Waals surface area contributed by atoms with Gasteiger partial charge in [0.25, 0.3) is 5.91 Å². The van der Waals surface area contributed by atoms with Gasteiger partial charge in [-0.2, -0.15) is 30.0 Å². The number of rotatable bonds is 7. The highest BCUT2D eigenvalue weighted by Crippen LogP contribution is 2.33. The Hall–Kier alpha value is -3.34. The molecule has 0 saturated carbocycles. The number of aromatic nitrogens is 3. The van der Waals surface area contributed by atoms with E-state index in [9.17, 15) is 22.8 Å². The zero-order valence-corrected chi connectivity index (χ0v) is 19.6. The highest BCUT2D eigenvalue weighted by Gasteiger charge is 2.39. The van der Waals surface area contributed by atoms with E-state index in [2.05, 4.69) is 15.4 Å². The number of nitrogens with one attached hydrogen (secondary N) is 1. The van der Waals surface area contributed by atoms with E-state index in [1.807, 2.05) is 12.1 Å². The average molecular weight is 504 g/mol. The fourth-order valence-electron chi connectivity index (χ4n) is 3.80. The Morgan fingerprint density at radius 3 is 2.66 bits per heavy atom. The molecular weight excluding hydrogens is 479 g/mol. The van der Waals surface area contributed by atoms with Crippen molar-refractivity contribution < 1.29 is 22.8 Å². The first-order valence-corrected chi connectivity index (χ1v) is 12.2. The van der Waals surface area contributed by atoms with Crippen LogP contribution in [0.15, 0.2) is 61.1 Å². The van der Waals surface area contributed by atoms with Crippen molar-refractivity contribution in [2.75, 3.05) is 25.4 Å². The smallest absolute Gasteiger partial charge is 0.352 e. The van der Waals surface area contributed by atoms with Crippen molar-refractivity contribution in [1.82, 2.24) is 25.0 Å². The van der Waals surface area contributed by atoms with Crippen LogP contribution >= 0.6 is 11.8 Å². The van der Waals surface area contributed by atoms with Crippen molar-refractivity contribution in [3.05, 3.63) is 77.9 Å². The molecule has 2 aromatic heterocycles. The van der Waals surface area contributed by atoms with Crippen molar-refractivity contribution in [2.45, 2.75) is 24.3 Å². The lowest BCUT2D eigenvalue weighted by molar-refractivity contribution is -0.141. The van der Waals surface area contributed by atoms with Crippen molar-refractivity contribution in [1.29, 1.82) is 0 Å². The summed E-state index contributed by atoms with van der Waals surface area (Å²) < 4.78 is 41.5. The third kappa shape index (κ3) is 6.21. The molecular formula is C24H24F3N5O2S. The number of pyridine rings is 1. The van der Waals surface area contributed by atoms with E-state index in [1.54, 1.807) is 59.4 Å². The largest absolute Gasteiger partial charge is 0.435 e. The second-order valence-corrected chi connectivity index (χ2v) is 9.32. The summed E-state index contributed by atoms with van der Waals surface area (Å²) in [7, 11) is 0. The van der Waals surface area contributed by atoms with Gasteiger partial charge in [-0.05, 0) is 30.2 Å². The maximum Gasteiger partial charge on any atom is 0.435 e. The molecule has 0 bridgehead atoms. The van der Waals surface area contributed by atoms with Gasteiger partial charge >= 0.3 is 6.18 Å². The Balaban J connectivity index is 1.31. The van der Waals surface area contributed by atoms with Gasteiger partial charge in [-0.3, -0.25) is 14.6 Å². The molecule has 7 nitrogen and oxygen atoms in total.